The maximum Gasteiger partial charge on any atom is 0.202 e. The smallest absolute Gasteiger partial charge is 0.202 e. The van der Waals surface area contributed by atoms with Crippen LogP contribution in [0.15, 0.2) is 42.0 Å². The van der Waals surface area contributed by atoms with E-state index in [-0.39, 0.29) is 40.5 Å². The summed E-state index contributed by atoms with van der Waals surface area (Å²) >= 11 is 0. The number of allylic oxidation sites excluding steroid dienone is 2. The first kappa shape index (κ1) is 17.8. The van der Waals surface area contributed by atoms with E-state index >= 15 is 0 Å². The number of carbonyl (C=O) groups excluding carboxylic acids is 1. The number of Topliss-reactive ketones (excluding diaryl/α,β-unsaturated/α-hetero) is 1. The molecule has 6 heteroatoms. The van der Waals surface area contributed by atoms with Crippen molar-refractivity contribution in [3.8, 4) is 23.0 Å². The summed E-state index contributed by atoms with van der Waals surface area (Å²) < 4.78 is 5.69. The fourth-order valence-corrected chi connectivity index (χ4v) is 2.91. The summed E-state index contributed by atoms with van der Waals surface area (Å²) in [7, 11) is 0. The van der Waals surface area contributed by atoms with Crippen LogP contribution in [0.2, 0.25) is 0 Å². The highest BCUT2D eigenvalue weighted by Crippen LogP contribution is 2.45. The van der Waals surface area contributed by atoms with Crippen molar-refractivity contribution in [2.75, 3.05) is 0 Å². The molecule has 0 saturated carbocycles. The van der Waals surface area contributed by atoms with Crippen LogP contribution in [0.1, 0.15) is 41.4 Å². The zero-order valence-electron chi connectivity index (χ0n) is 14.4. The van der Waals surface area contributed by atoms with E-state index in [1.165, 1.54) is 30.3 Å². The van der Waals surface area contributed by atoms with Crippen LogP contribution in [0.4, 0.5) is 0 Å². The van der Waals surface area contributed by atoms with E-state index in [0.717, 1.165) is 5.57 Å². The van der Waals surface area contributed by atoms with Gasteiger partial charge in [0.2, 0.25) is 5.78 Å². The van der Waals surface area contributed by atoms with Gasteiger partial charge in [0.1, 0.15) is 28.6 Å². The van der Waals surface area contributed by atoms with E-state index < -0.39 is 18.0 Å². The van der Waals surface area contributed by atoms with E-state index in [0.29, 0.717) is 5.56 Å². The Morgan fingerprint density at radius 2 is 1.81 bits per heavy atom. The molecule has 0 bridgehead atoms. The number of ether oxygens (including phenoxy) is 1. The first-order valence-corrected chi connectivity index (χ1v) is 8.18. The van der Waals surface area contributed by atoms with Crippen LogP contribution in [-0.2, 0) is 6.42 Å². The van der Waals surface area contributed by atoms with E-state index in [1.54, 1.807) is 0 Å². The number of phenols is 3. The molecule has 0 radical (unpaired) electrons. The zero-order chi connectivity index (χ0) is 19.0. The Morgan fingerprint density at radius 1 is 1.15 bits per heavy atom. The molecule has 1 aliphatic rings. The first-order valence-electron chi connectivity index (χ1n) is 8.18. The number of hydrogen-bond donors (Lipinski definition) is 4. The van der Waals surface area contributed by atoms with Crippen molar-refractivity contribution >= 4 is 5.78 Å². The van der Waals surface area contributed by atoms with Crippen LogP contribution in [0, 0.1) is 0 Å². The molecule has 2 aromatic carbocycles. The molecule has 0 saturated heterocycles. The van der Waals surface area contributed by atoms with Gasteiger partial charge in [0.05, 0.1) is 0 Å². The number of rotatable bonds is 3. The number of aromatic hydroxyl groups is 3. The number of carbonyl (C=O) groups is 1. The van der Waals surface area contributed by atoms with Gasteiger partial charge in [-0.05, 0) is 38.0 Å². The summed E-state index contributed by atoms with van der Waals surface area (Å²) in [5.74, 6) is -1.20. The minimum absolute atomic E-state index is 0.00863. The number of fused-ring (bicyclic) bond motifs is 1. The molecular weight excluding hydrogens is 336 g/mol. The Labute approximate surface area is 150 Å². The summed E-state index contributed by atoms with van der Waals surface area (Å²) in [6.07, 6.45) is -0.458. The Balaban J connectivity index is 2.05. The fourth-order valence-electron chi connectivity index (χ4n) is 2.91. The second-order valence-corrected chi connectivity index (χ2v) is 6.52. The maximum atomic E-state index is 12.7. The normalized spacial score (nSPS) is 18.8. The predicted molar refractivity (Wildman–Crippen MR) is 94.7 cm³/mol. The van der Waals surface area contributed by atoms with E-state index in [2.05, 4.69) is 0 Å². The maximum absolute atomic E-state index is 12.7. The largest absolute Gasteiger partial charge is 0.508 e. The van der Waals surface area contributed by atoms with Gasteiger partial charge in [0.15, 0.2) is 12.2 Å². The highest BCUT2D eigenvalue weighted by molar-refractivity contribution is 6.06. The van der Waals surface area contributed by atoms with Crippen molar-refractivity contribution in [2.24, 2.45) is 0 Å². The van der Waals surface area contributed by atoms with Crippen molar-refractivity contribution < 1.29 is 30.0 Å². The first-order chi connectivity index (χ1) is 12.3. The molecule has 0 fully saturated rings. The number of aliphatic hydroxyl groups excluding tert-OH is 1. The molecule has 1 heterocycles. The molecular formula is C20H20O6. The molecule has 6 nitrogen and oxygen atoms in total. The number of aliphatic hydroxyl groups is 1. The number of benzene rings is 2. The molecule has 2 aromatic rings. The fraction of sp³-hybridized carbons (Fsp3) is 0.250. The van der Waals surface area contributed by atoms with Gasteiger partial charge >= 0.3 is 0 Å². The minimum Gasteiger partial charge on any atom is -0.508 e. The third-order valence-electron chi connectivity index (χ3n) is 4.34. The lowest BCUT2D eigenvalue weighted by Gasteiger charge is -2.30. The van der Waals surface area contributed by atoms with Crippen LogP contribution in [0.5, 0.6) is 23.0 Å². The van der Waals surface area contributed by atoms with Gasteiger partial charge < -0.3 is 25.2 Å². The minimum atomic E-state index is -1.52. The molecule has 26 heavy (non-hydrogen) atoms. The third-order valence-corrected chi connectivity index (χ3v) is 4.34. The summed E-state index contributed by atoms with van der Waals surface area (Å²) in [6.45, 7) is 3.76. The molecule has 136 valence electrons. The van der Waals surface area contributed by atoms with Crippen LogP contribution >= 0.6 is 0 Å². The van der Waals surface area contributed by atoms with Crippen molar-refractivity contribution in [1.82, 2.24) is 0 Å². The molecule has 0 aromatic heterocycles. The molecule has 3 rings (SSSR count). The number of ketones is 1. The molecule has 1 aliphatic heterocycles. The van der Waals surface area contributed by atoms with Crippen molar-refractivity contribution in [3.63, 3.8) is 0 Å². The average molecular weight is 356 g/mol. The lowest BCUT2D eigenvalue weighted by molar-refractivity contribution is 0.0210. The van der Waals surface area contributed by atoms with Gasteiger partial charge in [-0.2, -0.15) is 0 Å². The van der Waals surface area contributed by atoms with Crippen molar-refractivity contribution in [2.45, 2.75) is 32.5 Å². The third kappa shape index (κ3) is 3.11. The molecule has 0 aliphatic carbocycles. The SMILES string of the molecule is CC(C)=CCc1c(O)cc2c(c1O)C(=O)C(O)C(c1ccc(O)cc1)O2. The van der Waals surface area contributed by atoms with Gasteiger partial charge in [-0.3, -0.25) is 4.79 Å². The number of hydrogen-bond acceptors (Lipinski definition) is 6. The van der Waals surface area contributed by atoms with Gasteiger partial charge in [-0.25, -0.2) is 0 Å². The Morgan fingerprint density at radius 3 is 2.42 bits per heavy atom. The van der Waals surface area contributed by atoms with Crippen molar-refractivity contribution in [3.05, 3.63) is 58.7 Å². The topological polar surface area (TPSA) is 107 Å². The van der Waals surface area contributed by atoms with E-state index in [4.69, 9.17) is 4.74 Å². The lowest BCUT2D eigenvalue weighted by atomic mass is 9.90. The summed E-state index contributed by atoms with van der Waals surface area (Å²) in [4.78, 5) is 12.7. The van der Waals surface area contributed by atoms with Crippen molar-refractivity contribution in [1.29, 1.82) is 0 Å². The van der Waals surface area contributed by atoms with Gasteiger partial charge in [-0.15, -0.1) is 0 Å². The second kappa shape index (κ2) is 6.72. The summed E-state index contributed by atoms with van der Waals surface area (Å²) in [6, 6.07) is 7.18. The Kier molecular flexibility index (Phi) is 4.61. The molecule has 2 atom stereocenters. The molecule has 2 unspecified atom stereocenters. The zero-order valence-corrected chi connectivity index (χ0v) is 14.4. The monoisotopic (exact) mass is 356 g/mol. The highest BCUT2D eigenvalue weighted by atomic mass is 16.5. The predicted octanol–water partition coefficient (Wildman–Crippen LogP) is 2.99. The summed E-state index contributed by atoms with van der Waals surface area (Å²) in [5.41, 5.74) is 1.55. The Bertz CT molecular complexity index is 878. The lowest BCUT2D eigenvalue weighted by Crippen LogP contribution is -2.36. The second-order valence-electron chi connectivity index (χ2n) is 6.52. The van der Waals surface area contributed by atoms with Gasteiger partial charge in [0, 0.05) is 11.6 Å². The molecule has 4 N–H and O–H groups in total. The van der Waals surface area contributed by atoms with Crippen LogP contribution in [0.25, 0.3) is 0 Å². The average Bonchev–Trinajstić information content (AvgIpc) is 2.58. The molecule has 0 amide bonds. The highest BCUT2D eigenvalue weighted by Gasteiger charge is 2.40. The summed E-state index contributed by atoms with van der Waals surface area (Å²) in [5, 5.41) is 40.5. The van der Waals surface area contributed by atoms with E-state index in [9.17, 15) is 25.2 Å². The number of phenolic OH excluding ortho intramolecular Hbond substituents is 3. The molecule has 0 spiro atoms. The standard InChI is InChI=1S/C20H20O6/c1-10(2)3-8-13-14(22)9-15-16(17(13)23)18(24)19(25)20(26-15)11-4-6-12(21)7-5-11/h3-7,9,19-23,25H,8H2,1-2H3. The Hall–Kier alpha value is -2.99. The van der Waals surface area contributed by atoms with Crippen LogP contribution < -0.4 is 4.74 Å². The quantitative estimate of drug-likeness (QED) is 0.630. The van der Waals surface area contributed by atoms with Gasteiger partial charge in [-0.1, -0.05) is 23.8 Å². The van der Waals surface area contributed by atoms with Crippen LogP contribution in [-0.4, -0.2) is 32.3 Å². The van der Waals surface area contributed by atoms with Gasteiger partial charge in [0.25, 0.3) is 0 Å². The van der Waals surface area contributed by atoms with Crippen LogP contribution in [0.3, 0.4) is 0 Å². The van der Waals surface area contributed by atoms with E-state index in [1.807, 2.05) is 19.9 Å².